The van der Waals surface area contributed by atoms with Gasteiger partial charge in [0.1, 0.15) is 5.60 Å². The molecule has 0 radical (unpaired) electrons. The Balaban J connectivity index is 0.933. The molecule has 1 heterocycles. The quantitative estimate of drug-likeness (QED) is 0.599. The summed E-state index contributed by atoms with van der Waals surface area (Å²) in [5.74, 6) is 3.78. The van der Waals surface area contributed by atoms with Crippen LogP contribution >= 0.6 is 0 Å². The third-order valence-corrected chi connectivity index (χ3v) is 11.5. The summed E-state index contributed by atoms with van der Waals surface area (Å²) in [6.45, 7) is 1.81. The van der Waals surface area contributed by atoms with E-state index in [-0.39, 0.29) is 28.7 Å². The average molecular weight is 504 g/mol. The van der Waals surface area contributed by atoms with Gasteiger partial charge in [-0.25, -0.2) is 4.79 Å². The van der Waals surface area contributed by atoms with Gasteiger partial charge in [-0.05, 0) is 111 Å². The number of nitrogens with zero attached hydrogens (tertiary/aromatic N) is 1. The molecular formula is C31H41N3O3. The summed E-state index contributed by atoms with van der Waals surface area (Å²) in [6, 6.07) is 8.37. The molecule has 8 aliphatic carbocycles. The number of fused-ring (bicyclic) bond motifs is 1. The van der Waals surface area contributed by atoms with E-state index in [4.69, 9.17) is 4.74 Å². The summed E-state index contributed by atoms with van der Waals surface area (Å²) >= 11 is 0. The fourth-order valence-corrected chi connectivity index (χ4v) is 11.1. The SMILES string of the molecule is O=C(NC12CC3CC(CC(C3)C1)C2)OC12CC3CC(CC(NCC(=O)N4Cc5ccccc5C4)(C3)C1)C2. The van der Waals surface area contributed by atoms with Crippen LogP contribution in [0.1, 0.15) is 88.2 Å². The Morgan fingerprint density at radius 1 is 0.784 bits per heavy atom. The first-order chi connectivity index (χ1) is 17.9. The topological polar surface area (TPSA) is 70.7 Å². The number of rotatable bonds is 5. The Kier molecular flexibility index (Phi) is 4.92. The molecule has 2 amide bonds. The van der Waals surface area contributed by atoms with Gasteiger partial charge in [0, 0.05) is 30.6 Å². The summed E-state index contributed by atoms with van der Waals surface area (Å²) in [7, 11) is 0. The van der Waals surface area contributed by atoms with Gasteiger partial charge in [-0.15, -0.1) is 0 Å². The van der Waals surface area contributed by atoms with Crippen LogP contribution in [0.5, 0.6) is 0 Å². The molecule has 8 bridgehead atoms. The van der Waals surface area contributed by atoms with Gasteiger partial charge in [-0.1, -0.05) is 24.3 Å². The largest absolute Gasteiger partial charge is 0.443 e. The highest BCUT2D eigenvalue weighted by Crippen LogP contribution is 2.59. The van der Waals surface area contributed by atoms with E-state index in [0.29, 0.717) is 31.5 Å². The fourth-order valence-electron chi connectivity index (χ4n) is 11.1. The van der Waals surface area contributed by atoms with Crippen molar-refractivity contribution in [1.29, 1.82) is 0 Å². The minimum atomic E-state index is -0.365. The molecule has 1 aromatic rings. The van der Waals surface area contributed by atoms with Gasteiger partial charge in [-0.3, -0.25) is 4.79 Å². The summed E-state index contributed by atoms with van der Waals surface area (Å²) in [6.07, 6.45) is 13.7. The highest BCUT2D eigenvalue weighted by atomic mass is 16.6. The number of ether oxygens (including phenoxy) is 1. The monoisotopic (exact) mass is 503 g/mol. The van der Waals surface area contributed by atoms with Gasteiger partial charge in [0.2, 0.25) is 5.91 Å². The van der Waals surface area contributed by atoms with Crippen molar-refractivity contribution in [2.45, 2.75) is 107 Å². The second-order valence-corrected chi connectivity index (χ2v) is 14.5. The van der Waals surface area contributed by atoms with Crippen molar-refractivity contribution in [3.05, 3.63) is 35.4 Å². The molecule has 0 spiro atoms. The van der Waals surface area contributed by atoms with Gasteiger partial charge in [0.05, 0.1) is 6.54 Å². The lowest BCUT2D eigenvalue weighted by Gasteiger charge is -2.61. The van der Waals surface area contributed by atoms with E-state index in [1.54, 1.807) is 0 Å². The highest BCUT2D eigenvalue weighted by molar-refractivity contribution is 5.79. The minimum absolute atomic E-state index is 0.0101. The zero-order valence-corrected chi connectivity index (χ0v) is 22.0. The van der Waals surface area contributed by atoms with E-state index in [2.05, 4.69) is 34.9 Å². The van der Waals surface area contributed by atoms with Crippen LogP contribution < -0.4 is 10.6 Å². The standard InChI is InChI=1S/C31H41N3O3/c35-27(34-17-25-3-1-2-4-26(25)18-34)16-32-30-12-23-8-24(13-30)15-31(14-23,19-30)37-28(36)33-29-9-20-5-21(10-29)7-22(6-20)11-29/h1-4,20-24,32H,5-19H2,(H,33,36). The van der Waals surface area contributed by atoms with Crippen molar-refractivity contribution in [2.75, 3.05) is 6.54 Å². The van der Waals surface area contributed by atoms with E-state index in [1.165, 1.54) is 36.8 Å². The molecule has 37 heavy (non-hydrogen) atoms. The zero-order valence-electron chi connectivity index (χ0n) is 22.0. The van der Waals surface area contributed by atoms with Crippen LogP contribution in [0.25, 0.3) is 0 Å². The Hall–Kier alpha value is -2.08. The first-order valence-electron chi connectivity index (χ1n) is 15.0. The lowest BCUT2D eigenvalue weighted by Crippen LogP contribution is -2.67. The van der Waals surface area contributed by atoms with Crippen molar-refractivity contribution >= 4 is 12.0 Å². The predicted octanol–water partition coefficient (Wildman–Crippen LogP) is 4.90. The number of benzene rings is 1. The van der Waals surface area contributed by atoms with Crippen LogP contribution in [-0.4, -0.2) is 40.1 Å². The second kappa shape index (κ2) is 7.97. The Bertz CT molecular complexity index is 1060. The van der Waals surface area contributed by atoms with E-state index in [1.807, 2.05) is 4.90 Å². The van der Waals surface area contributed by atoms with Crippen LogP contribution in [0.2, 0.25) is 0 Å². The maximum absolute atomic E-state index is 13.4. The Morgan fingerprint density at radius 2 is 1.32 bits per heavy atom. The molecule has 0 saturated heterocycles. The lowest BCUT2D eigenvalue weighted by atomic mass is 9.51. The van der Waals surface area contributed by atoms with Gasteiger partial charge < -0.3 is 20.3 Å². The van der Waals surface area contributed by atoms with Crippen LogP contribution in [0, 0.1) is 29.6 Å². The molecule has 2 atom stereocenters. The molecule has 8 fully saturated rings. The van der Waals surface area contributed by atoms with Gasteiger partial charge in [-0.2, -0.15) is 0 Å². The van der Waals surface area contributed by atoms with Crippen LogP contribution in [0.15, 0.2) is 24.3 Å². The number of amides is 2. The van der Waals surface area contributed by atoms with Gasteiger partial charge in [0.15, 0.2) is 0 Å². The smallest absolute Gasteiger partial charge is 0.408 e. The van der Waals surface area contributed by atoms with Crippen molar-refractivity contribution in [2.24, 2.45) is 29.6 Å². The first kappa shape index (κ1) is 22.9. The number of hydrogen-bond acceptors (Lipinski definition) is 4. The molecule has 2 unspecified atom stereocenters. The van der Waals surface area contributed by atoms with Gasteiger partial charge in [0.25, 0.3) is 0 Å². The summed E-state index contributed by atoms with van der Waals surface area (Å²) in [5, 5.41) is 7.22. The highest BCUT2D eigenvalue weighted by Gasteiger charge is 2.60. The van der Waals surface area contributed by atoms with Crippen molar-refractivity contribution in [3.8, 4) is 0 Å². The van der Waals surface area contributed by atoms with Gasteiger partial charge >= 0.3 is 6.09 Å². The lowest BCUT2D eigenvalue weighted by molar-refractivity contribution is -0.150. The maximum Gasteiger partial charge on any atom is 0.408 e. The predicted molar refractivity (Wildman–Crippen MR) is 139 cm³/mol. The van der Waals surface area contributed by atoms with Crippen molar-refractivity contribution in [1.82, 2.24) is 15.5 Å². The third-order valence-electron chi connectivity index (χ3n) is 11.5. The Labute approximate surface area is 220 Å². The van der Waals surface area contributed by atoms with Crippen molar-refractivity contribution in [3.63, 3.8) is 0 Å². The van der Waals surface area contributed by atoms with E-state index in [9.17, 15) is 9.59 Å². The number of alkyl carbamates (subject to hydrolysis) is 1. The molecule has 8 saturated carbocycles. The maximum atomic E-state index is 13.4. The molecule has 198 valence electrons. The van der Waals surface area contributed by atoms with E-state index in [0.717, 1.165) is 69.1 Å². The Morgan fingerprint density at radius 3 is 1.92 bits per heavy atom. The van der Waals surface area contributed by atoms with Crippen molar-refractivity contribution < 1.29 is 14.3 Å². The summed E-state index contributed by atoms with van der Waals surface area (Å²) in [5.41, 5.74) is 2.08. The molecule has 6 nitrogen and oxygen atoms in total. The van der Waals surface area contributed by atoms with E-state index >= 15 is 0 Å². The number of carbonyl (C=O) groups is 2. The number of hydrogen-bond donors (Lipinski definition) is 2. The summed E-state index contributed by atoms with van der Waals surface area (Å²) < 4.78 is 6.48. The minimum Gasteiger partial charge on any atom is -0.443 e. The van der Waals surface area contributed by atoms with E-state index < -0.39 is 0 Å². The summed E-state index contributed by atoms with van der Waals surface area (Å²) in [4.78, 5) is 28.6. The van der Waals surface area contributed by atoms with Crippen LogP contribution in [0.4, 0.5) is 4.79 Å². The zero-order chi connectivity index (χ0) is 24.8. The van der Waals surface area contributed by atoms with Crippen LogP contribution in [0.3, 0.4) is 0 Å². The number of nitrogens with one attached hydrogen (secondary N) is 2. The van der Waals surface area contributed by atoms with Crippen LogP contribution in [-0.2, 0) is 22.6 Å². The third kappa shape index (κ3) is 3.92. The number of carbonyl (C=O) groups excluding carboxylic acids is 2. The average Bonchev–Trinajstić information content (AvgIpc) is 3.24. The fraction of sp³-hybridized carbons (Fsp3) is 0.742. The molecule has 10 rings (SSSR count). The molecule has 1 aromatic carbocycles. The first-order valence-corrected chi connectivity index (χ1v) is 15.0. The molecule has 2 N–H and O–H groups in total. The molecular weight excluding hydrogens is 462 g/mol. The molecule has 6 heteroatoms. The second-order valence-electron chi connectivity index (χ2n) is 14.5. The molecule has 9 aliphatic rings. The molecule has 1 aliphatic heterocycles. The normalized spacial score (nSPS) is 44.2. The molecule has 0 aromatic heterocycles.